The van der Waals surface area contributed by atoms with Crippen molar-refractivity contribution in [2.24, 2.45) is 7.05 Å². The van der Waals surface area contributed by atoms with Gasteiger partial charge in [-0.3, -0.25) is 0 Å². The van der Waals surface area contributed by atoms with Gasteiger partial charge in [0.25, 0.3) is 0 Å². The van der Waals surface area contributed by atoms with E-state index >= 15 is 0 Å². The van der Waals surface area contributed by atoms with E-state index in [9.17, 15) is 4.79 Å². The quantitative estimate of drug-likeness (QED) is 0.261. The summed E-state index contributed by atoms with van der Waals surface area (Å²) in [5, 5.41) is 7.38. The number of amides is 2. The summed E-state index contributed by atoms with van der Waals surface area (Å²) in [6.45, 7) is 0. The van der Waals surface area contributed by atoms with Crippen molar-refractivity contribution >= 4 is 52.2 Å². The molecule has 35 heavy (non-hydrogen) atoms. The van der Waals surface area contributed by atoms with Crippen LogP contribution in [0.4, 0.5) is 16.2 Å². The van der Waals surface area contributed by atoms with Gasteiger partial charge in [0.05, 0.1) is 24.7 Å². The van der Waals surface area contributed by atoms with Crippen molar-refractivity contribution in [3.8, 4) is 17.0 Å². The molecule has 0 unspecified atom stereocenters. The van der Waals surface area contributed by atoms with Gasteiger partial charge in [-0.1, -0.05) is 53.0 Å². The lowest BCUT2D eigenvalue weighted by atomic mass is 10.1. The van der Waals surface area contributed by atoms with Crippen molar-refractivity contribution in [1.29, 1.82) is 0 Å². The van der Waals surface area contributed by atoms with Crippen LogP contribution < -0.4 is 15.4 Å². The molecule has 9 heteroatoms. The lowest BCUT2D eigenvalue weighted by Crippen LogP contribution is -2.19. The number of anilines is 2. The highest BCUT2D eigenvalue weighted by Gasteiger charge is 2.13. The average Bonchev–Trinajstić information content (AvgIpc) is 3.19. The molecular formula is C26H23Cl3N4O2. The first-order valence-electron chi connectivity index (χ1n) is 10.8. The molecule has 2 N–H and O–H groups in total. The van der Waals surface area contributed by atoms with Crippen LogP contribution in [0.25, 0.3) is 11.3 Å². The van der Waals surface area contributed by atoms with Gasteiger partial charge in [0.15, 0.2) is 0 Å². The second-order valence-electron chi connectivity index (χ2n) is 7.82. The van der Waals surface area contributed by atoms with Crippen molar-refractivity contribution in [1.82, 2.24) is 9.55 Å². The summed E-state index contributed by atoms with van der Waals surface area (Å²) < 4.78 is 7.31. The van der Waals surface area contributed by atoms with Crippen LogP contribution in [0.15, 0.2) is 66.9 Å². The number of hydrogen-bond acceptors (Lipinski definition) is 3. The molecule has 4 aromatic rings. The average molecular weight is 530 g/mol. The highest BCUT2D eigenvalue weighted by atomic mass is 35.5. The number of nitrogens with zero attached hydrogens (tertiary/aromatic N) is 2. The van der Waals surface area contributed by atoms with Crippen molar-refractivity contribution < 1.29 is 9.53 Å². The van der Waals surface area contributed by atoms with E-state index in [1.807, 2.05) is 60.3 Å². The molecule has 0 fully saturated rings. The molecule has 180 valence electrons. The molecular weight excluding hydrogens is 507 g/mol. The Morgan fingerprint density at radius 1 is 0.971 bits per heavy atom. The SMILES string of the molecule is COc1ccc(Cl)cc1NC(=O)Nc1ccc(-c2cnc(CCc3c(Cl)cccc3Cl)n2C)cc1. The topological polar surface area (TPSA) is 68.2 Å². The minimum atomic E-state index is -0.403. The van der Waals surface area contributed by atoms with Crippen LogP contribution in [0.5, 0.6) is 5.75 Å². The highest BCUT2D eigenvalue weighted by molar-refractivity contribution is 6.36. The van der Waals surface area contributed by atoms with E-state index in [0.29, 0.717) is 45.0 Å². The number of rotatable bonds is 7. The number of halogens is 3. The van der Waals surface area contributed by atoms with Gasteiger partial charge in [-0.25, -0.2) is 9.78 Å². The molecule has 0 spiro atoms. The third kappa shape index (κ3) is 5.90. The molecule has 1 heterocycles. The van der Waals surface area contributed by atoms with Gasteiger partial charge in [0.1, 0.15) is 11.6 Å². The highest BCUT2D eigenvalue weighted by Crippen LogP contribution is 2.29. The molecule has 0 atom stereocenters. The van der Waals surface area contributed by atoms with E-state index in [4.69, 9.17) is 39.5 Å². The molecule has 6 nitrogen and oxygen atoms in total. The first-order chi connectivity index (χ1) is 16.9. The maximum Gasteiger partial charge on any atom is 0.323 e. The number of aromatic nitrogens is 2. The molecule has 2 amide bonds. The normalized spacial score (nSPS) is 10.8. The molecule has 0 saturated heterocycles. The maximum atomic E-state index is 12.5. The van der Waals surface area contributed by atoms with Crippen molar-refractivity contribution in [3.63, 3.8) is 0 Å². The lowest BCUT2D eigenvalue weighted by molar-refractivity contribution is 0.262. The second-order valence-corrected chi connectivity index (χ2v) is 9.07. The minimum absolute atomic E-state index is 0.403. The fourth-order valence-corrected chi connectivity index (χ4v) is 4.50. The number of aryl methyl sites for hydroxylation is 1. The number of hydrogen-bond donors (Lipinski definition) is 2. The number of benzene rings is 3. The van der Waals surface area contributed by atoms with Crippen molar-refractivity contribution in [2.45, 2.75) is 12.8 Å². The van der Waals surface area contributed by atoms with Crippen LogP contribution in [0.3, 0.4) is 0 Å². The first-order valence-corrected chi connectivity index (χ1v) is 11.9. The molecule has 0 aliphatic carbocycles. The van der Waals surface area contributed by atoms with Gasteiger partial charge in [-0.05, 0) is 60.0 Å². The number of imidazole rings is 1. The maximum absolute atomic E-state index is 12.5. The number of carbonyl (C=O) groups excluding carboxylic acids is 1. The summed E-state index contributed by atoms with van der Waals surface area (Å²) in [6, 6.07) is 17.7. The Bertz CT molecular complexity index is 1330. The third-order valence-corrected chi connectivity index (χ3v) is 6.54. The Labute approximate surface area is 218 Å². The molecule has 1 aromatic heterocycles. The second kappa shape index (κ2) is 11.0. The molecule has 0 bridgehead atoms. The smallest absolute Gasteiger partial charge is 0.323 e. The van der Waals surface area contributed by atoms with Crippen molar-refractivity contribution in [3.05, 3.63) is 93.3 Å². The van der Waals surface area contributed by atoms with Gasteiger partial charge in [-0.15, -0.1) is 0 Å². The standard InChI is InChI=1S/C26H23Cl3N4O2/c1-33-23(15-30-25(33)13-11-19-20(28)4-3-5-21(19)29)16-6-9-18(10-7-16)31-26(34)32-22-14-17(27)8-12-24(22)35-2/h3-10,12,14-15H,11,13H2,1-2H3,(H2,31,32,34). The number of methoxy groups -OCH3 is 1. The van der Waals surface area contributed by atoms with E-state index in [1.54, 1.807) is 18.2 Å². The number of nitrogens with one attached hydrogen (secondary N) is 2. The van der Waals surface area contributed by atoms with E-state index < -0.39 is 6.03 Å². The van der Waals surface area contributed by atoms with Crippen LogP contribution in [-0.4, -0.2) is 22.7 Å². The zero-order valence-corrected chi connectivity index (χ0v) is 21.4. The summed E-state index contributed by atoms with van der Waals surface area (Å²) in [7, 11) is 3.50. The molecule has 0 aliphatic heterocycles. The van der Waals surface area contributed by atoms with E-state index in [0.717, 1.165) is 22.6 Å². The van der Waals surface area contributed by atoms with Crippen LogP contribution in [0.2, 0.25) is 15.1 Å². The van der Waals surface area contributed by atoms with Gasteiger partial charge < -0.3 is 19.9 Å². The van der Waals surface area contributed by atoms with Crippen LogP contribution in [0.1, 0.15) is 11.4 Å². The molecule has 3 aromatic carbocycles. The number of ether oxygens (including phenoxy) is 1. The Morgan fingerprint density at radius 3 is 2.37 bits per heavy atom. The molecule has 0 aliphatic rings. The fourth-order valence-electron chi connectivity index (χ4n) is 3.74. The predicted octanol–water partition coefficient (Wildman–Crippen LogP) is 7.49. The zero-order chi connectivity index (χ0) is 24.9. The summed E-state index contributed by atoms with van der Waals surface area (Å²) >= 11 is 18.6. The van der Waals surface area contributed by atoms with Crippen LogP contribution in [-0.2, 0) is 19.9 Å². The Balaban J connectivity index is 1.41. The van der Waals surface area contributed by atoms with Gasteiger partial charge in [0.2, 0.25) is 0 Å². The minimum Gasteiger partial charge on any atom is -0.495 e. The molecule has 0 saturated carbocycles. The van der Waals surface area contributed by atoms with Crippen LogP contribution >= 0.6 is 34.8 Å². The van der Waals surface area contributed by atoms with E-state index in [-0.39, 0.29) is 0 Å². The van der Waals surface area contributed by atoms with E-state index in [2.05, 4.69) is 15.6 Å². The summed E-state index contributed by atoms with van der Waals surface area (Å²) in [5.74, 6) is 1.44. The summed E-state index contributed by atoms with van der Waals surface area (Å²) in [4.78, 5) is 17.0. The predicted molar refractivity (Wildman–Crippen MR) is 143 cm³/mol. The summed E-state index contributed by atoms with van der Waals surface area (Å²) in [5.41, 5.74) is 3.98. The Morgan fingerprint density at radius 2 is 1.69 bits per heavy atom. The first kappa shape index (κ1) is 24.9. The fraction of sp³-hybridized carbons (Fsp3) is 0.154. The monoisotopic (exact) mass is 528 g/mol. The largest absolute Gasteiger partial charge is 0.495 e. The zero-order valence-electron chi connectivity index (χ0n) is 19.1. The number of urea groups is 1. The van der Waals surface area contributed by atoms with Gasteiger partial charge >= 0.3 is 6.03 Å². The van der Waals surface area contributed by atoms with E-state index in [1.165, 1.54) is 7.11 Å². The molecule has 4 rings (SSSR count). The third-order valence-electron chi connectivity index (χ3n) is 5.59. The lowest BCUT2D eigenvalue weighted by Gasteiger charge is -2.12. The van der Waals surface area contributed by atoms with Gasteiger partial charge in [0, 0.05) is 34.2 Å². The Kier molecular flexibility index (Phi) is 7.86. The van der Waals surface area contributed by atoms with Gasteiger partial charge in [-0.2, -0.15) is 0 Å². The number of carbonyl (C=O) groups is 1. The van der Waals surface area contributed by atoms with Crippen molar-refractivity contribution in [2.75, 3.05) is 17.7 Å². The van der Waals surface area contributed by atoms with Crippen LogP contribution in [0, 0.1) is 0 Å². The summed E-state index contributed by atoms with van der Waals surface area (Å²) in [6.07, 6.45) is 3.23. The Hall–Kier alpha value is -3.19. The molecule has 0 radical (unpaired) electrons.